The van der Waals surface area contributed by atoms with Crippen molar-refractivity contribution in [2.75, 3.05) is 44.1 Å². The standard InChI is InChI=1S/C19H24N6O4/c1-23(2)19-20-18(21-22-19)14-8-10-24(11-9-14)15-6-4-13(5-7-17(26)29-3)12-16(15)25(27)28/h4-7,12,14H,8-11H2,1-3H3,(H,20,21,22)/b7-5+. The molecule has 0 radical (unpaired) electrons. The fourth-order valence-electron chi connectivity index (χ4n) is 3.33. The Morgan fingerprint density at radius 2 is 2.10 bits per heavy atom. The van der Waals surface area contributed by atoms with Gasteiger partial charge in [-0.1, -0.05) is 6.07 Å². The van der Waals surface area contributed by atoms with Gasteiger partial charge in [-0.3, -0.25) is 15.2 Å². The number of hydrogen-bond acceptors (Lipinski definition) is 8. The normalized spacial score (nSPS) is 14.9. The number of aromatic amines is 1. The summed E-state index contributed by atoms with van der Waals surface area (Å²) in [7, 11) is 5.05. The number of aromatic nitrogens is 3. The van der Waals surface area contributed by atoms with Gasteiger partial charge in [0.2, 0.25) is 5.95 Å². The van der Waals surface area contributed by atoms with E-state index >= 15 is 0 Å². The van der Waals surface area contributed by atoms with Gasteiger partial charge in [-0.05, 0) is 30.5 Å². The summed E-state index contributed by atoms with van der Waals surface area (Å²) in [6, 6.07) is 4.96. The highest BCUT2D eigenvalue weighted by atomic mass is 16.6. The van der Waals surface area contributed by atoms with E-state index in [1.807, 2.05) is 23.9 Å². The first-order chi connectivity index (χ1) is 13.9. The number of H-pyrrole nitrogens is 1. The maximum Gasteiger partial charge on any atom is 0.330 e. The van der Waals surface area contributed by atoms with E-state index in [0.717, 1.165) is 18.7 Å². The fraction of sp³-hybridized carbons (Fsp3) is 0.421. The molecule has 1 aliphatic rings. The van der Waals surface area contributed by atoms with Crippen molar-refractivity contribution >= 4 is 29.4 Å². The van der Waals surface area contributed by atoms with Gasteiger partial charge in [0.15, 0.2) is 0 Å². The summed E-state index contributed by atoms with van der Waals surface area (Å²) < 4.78 is 4.55. The van der Waals surface area contributed by atoms with Crippen LogP contribution in [0.1, 0.15) is 30.1 Å². The van der Waals surface area contributed by atoms with Crippen molar-refractivity contribution in [2.24, 2.45) is 0 Å². The third-order valence-electron chi connectivity index (χ3n) is 4.92. The van der Waals surface area contributed by atoms with Crippen molar-refractivity contribution in [2.45, 2.75) is 18.8 Å². The van der Waals surface area contributed by atoms with Crippen molar-refractivity contribution in [3.63, 3.8) is 0 Å². The lowest BCUT2D eigenvalue weighted by Crippen LogP contribution is -2.33. The van der Waals surface area contributed by atoms with Crippen LogP contribution in [0.3, 0.4) is 0 Å². The number of esters is 1. The Morgan fingerprint density at radius 1 is 1.38 bits per heavy atom. The number of carbonyl (C=O) groups excluding carboxylic acids is 1. The van der Waals surface area contributed by atoms with E-state index in [-0.39, 0.29) is 11.6 Å². The van der Waals surface area contributed by atoms with Crippen LogP contribution in [0.5, 0.6) is 0 Å². The number of anilines is 2. The van der Waals surface area contributed by atoms with Crippen molar-refractivity contribution < 1.29 is 14.5 Å². The summed E-state index contributed by atoms with van der Waals surface area (Å²) >= 11 is 0. The average molecular weight is 400 g/mol. The molecule has 0 saturated carbocycles. The highest BCUT2D eigenvalue weighted by Gasteiger charge is 2.27. The second-order valence-electron chi connectivity index (χ2n) is 7.04. The molecular weight excluding hydrogens is 376 g/mol. The molecule has 0 unspecified atom stereocenters. The molecule has 29 heavy (non-hydrogen) atoms. The van der Waals surface area contributed by atoms with Crippen molar-refractivity contribution in [3.05, 3.63) is 45.8 Å². The quantitative estimate of drug-likeness (QED) is 0.340. The number of nitro benzene ring substituents is 1. The molecule has 0 atom stereocenters. The van der Waals surface area contributed by atoms with E-state index in [4.69, 9.17) is 0 Å². The Morgan fingerprint density at radius 3 is 2.69 bits per heavy atom. The van der Waals surface area contributed by atoms with Crippen molar-refractivity contribution in [3.8, 4) is 0 Å². The van der Waals surface area contributed by atoms with E-state index in [1.54, 1.807) is 12.1 Å². The van der Waals surface area contributed by atoms with Crippen LogP contribution in [0.25, 0.3) is 6.08 Å². The molecular formula is C19H24N6O4. The van der Waals surface area contributed by atoms with Gasteiger partial charge in [0.05, 0.1) is 12.0 Å². The first kappa shape index (κ1) is 20.3. The topological polar surface area (TPSA) is 117 Å². The third-order valence-corrected chi connectivity index (χ3v) is 4.92. The minimum atomic E-state index is -0.511. The maximum atomic E-state index is 11.6. The Balaban J connectivity index is 1.73. The summed E-state index contributed by atoms with van der Waals surface area (Å²) in [6.45, 7) is 1.36. The average Bonchev–Trinajstić information content (AvgIpc) is 3.22. The number of carbonyl (C=O) groups is 1. The minimum absolute atomic E-state index is 0.0185. The molecule has 10 heteroatoms. The van der Waals surface area contributed by atoms with Crippen molar-refractivity contribution in [1.29, 1.82) is 0 Å². The zero-order valence-electron chi connectivity index (χ0n) is 16.7. The summed E-state index contributed by atoms with van der Waals surface area (Å²) in [4.78, 5) is 30.8. The van der Waals surface area contributed by atoms with Crippen LogP contribution < -0.4 is 9.80 Å². The van der Waals surface area contributed by atoms with Crippen molar-refractivity contribution in [1.82, 2.24) is 15.2 Å². The van der Waals surface area contributed by atoms with Gasteiger partial charge >= 0.3 is 5.97 Å². The van der Waals surface area contributed by atoms with E-state index in [0.29, 0.717) is 30.3 Å². The zero-order chi connectivity index (χ0) is 21.0. The third kappa shape index (κ3) is 4.71. The number of ether oxygens (including phenoxy) is 1. The molecule has 0 spiro atoms. The van der Waals surface area contributed by atoms with Crippen LogP contribution in [0.2, 0.25) is 0 Å². The van der Waals surface area contributed by atoms with Gasteiger partial charge in [-0.25, -0.2) is 4.79 Å². The fourth-order valence-corrected chi connectivity index (χ4v) is 3.33. The van der Waals surface area contributed by atoms with E-state index < -0.39 is 10.9 Å². The Bertz CT molecular complexity index is 915. The number of nitro groups is 1. The number of hydrogen-bond donors (Lipinski definition) is 1. The van der Waals surface area contributed by atoms with Gasteiger partial charge in [-0.2, -0.15) is 4.98 Å². The lowest BCUT2D eigenvalue weighted by atomic mass is 9.95. The molecule has 1 fully saturated rings. The highest BCUT2D eigenvalue weighted by Crippen LogP contribution is 2.34. The molecule has 3 rings (SSSR count). The maximum absolute atomic E-state index is 11.6. The molecule has 0 aliphatic carbocycles. The number of nitrogens with one attached hydrogen (secondary N) is 1. The van der Waals surface area contributed by atoms with Crippen LogP contribution >= 0.6 is 0 Å². The zero-order valence-corrected chi connectivity index (χ0v) is 16.7. The summed E-state index contributed by atoms with van der Waals surface area (Å²) in [5.41, 5.74) is 1.17. The number of rotatable bonds is 6. The second-order valence-corrected chi connectivity index (χ2v) is 7.04. The lowest BCUT2D eigenvalue weighted by Gasteiger charge is -2.32. The monoisotopic (exact) mass is 400 g/mol. The SMILES string of the molecule is COC(=O)/C=C/c1ccc(N2CCC(c3nc(N(C)C)n[nH]3)CC2)c([N+](=O)[O-])c1. The van der Waals surface area contributed by atoms with Crippen LogP contribution in [-0.2, 0) is 9.53 Å². The van der Waals surface area contributed by atoms with E-state index in [1.165, 1.54) is 25.3 Å². The number of piperidine rings is 1. The molecule has 1 aromatic heterocycles. The van der Waals surface area contributed by atoms with Gasteiger partial charge < -0.3 is 14.5 Å². The molecule has 1 saturated heterocycles. The first-order valence-corrected chi connectivity index (χ1v) is 9.28. The predicted molar refractivity (Wildman–Crippen MR) is 109 cm³/mol. The number of benzene rings is 1. The minimum Gasteiger partial charge on any atom is -0.466 e. The van der Waals surface area contributed by atoms with Crippen LogP contribution in [0.4, 0.5) is 17.3 Å². The lowest BCUT2D eigenvalue weighted by molar-refractivity contribution is -0.384. The summed E-state index contributed by atoms with van der Waals surface area (Å²) in [6.07, 6.45) is 4.39. The number of methoxy groups -OCH3 is 1. The van der Waals surface area contributed by atoms with Gasteiger partial charge in [0, 0.05) is 45.2 Å². The van der Waals surface area contributed by atoms with Gasteiger partial charge in [0.1, 0.15) is 11.5 Å². The molecule has 1 aliphatic heterocycles. The Hall–Kier alpha value is -3.43. The summed E-state index contributed by atoms with van der Waals surface area (Å²) in [5.74, 6) is 1.23. The first-order valence-electron chi connectivity index (χ1n) is 9.28. The molecule has 1 N–H and O–H groups in total. The van der Waals surface area contributed by atoms with Crippen LogP contribution in [-0.4, -0.2) is 60.4 Å². The highest BCUT2D eigenvalue weighted by molar-refractivity contribution is 5.87. The molecule has 2 heterocycles. The van der Waals surface area contributed by atoms with Crippen LogP contribution in [0, 0.1) is 10.1 Å². The van der Waals surface area contributed by atoms with Crippen LogP contribution in [0.15, 0.2) is 24.3 Å². The smallest absolute Gasteiger partial charge is 0.330 e. The summed E-state index contributed by atoms with van der Waals surface area (Å²) in [5, 5.41) is 18.8. The Labute approximate surface area is 168 Å². The largest absolute Gasteiger partial charge is 0.466 e. The molecule has 0 amide bonds. The molecule has 2 aromatic rings. The predicted octanol–water partition coefficient (Wildman–Crippen LogP) is 2.35. The molecule has 0 bridgehead atoms. The number of nitrogens with zero attached hydrogens (tertiary/aromatic N) is 5. The van der Waals surface area contributed by atoms with Gasteiger partial charge in [-0.15, -0.1) is 5.10 Å². The van der Waals surface area contributed by atoms with E-state index in [9.17, 15) is 14.9 Å². The molecule has 1 aromatic carbocycles. The van der Waals surface area contributed by atoms with Gasteiger partial charge in [0.25, 0.3) is 5.69 Å². The van der Waals surface area contributed by atoms with E-state index in [2.05, 4.69) is 19.9 Å². The molecule has 10 nitrogen and oxygen atoms in total. The Kier molecular flexibility index (Phi) is 6.10. The second kappa shape index (κ2) is 8.72. The molecule has 154 valence electrons.